The molecule has 0 radical (unpaired) electrons. The summed E-state index contributed by atoms with van der Waals surface area (Å²) in [5.41, 5.74) is 2.33. The normalized spacial score (nSPS) is 10.6. The fourth-order valence-corrected chi connectivity index (χ4v) is 3.00. The van der Waals surface area contributed by atoms with E-state index in [1.54, 1.807) is 23.2 Å². The summed E-state index contributed by atoms with van der Waals surface area (Å²) in [6.07, 6.45) is 2.48. The molecule has 0 saturated heterocycles. The predicted molar refractivity (Wildman–Crippen MR) is 107 cm³/mol. The van der Waals surface area contributed by atoms with E-state index < -0.39 is 0 Å². The number of benzene rings is 2. The van der Waals surface area contributed by atoms with E-state index in [-0.39, 0.29) is 24.1 Å². The first kappa shape index (κ1) is 19.5. The molecule has 0 fully saturated rings. The number of amides is 2. The van der Waals surface area contributed by atoms with Crippen molar-refractivity contribution in [2.45, 2.75) is 19.8 Å². The highest BCUT2D eigenvalue weighted by atomic mass is 19.1. The van der Waals surface area contributed by atoms with E-state index in [0.29, 0.717) is 25.2 Å². The molecule has 5 nitrogen and oxygen atoms in total. The summed E-state index contributed by atoms with van der Waals surface area (Å²) in [6, 6.07) is 15.6. The van der Waals surface area contributed by atoms with Crippen LogP contribution in [0, 0.1) is 5.82 Å². The number of nitrogens with zero attached hydrogens (tertiary/aromatic N) is 2. The van der Waals surface area contributed by atoms with Crippen LogP contribution in [0.5, 0.6) is 0 Å². The second kappa shape index (κ2) is 9.08. The van der Waals surface area contributed by atoms with Crippen LogP contribution in [0.15, 0.2) is 60.8 Å². The molecule has 144 valence electrons. The van der Waals surface area contributed by atoms with Crippen molar-refractivity contribution < 1.29 is 14.0 Å². The van der Waals surface area contributed by atoms with Gasteiger partial charge in [-0.2, -0.15) is 0 Å². The highest BCUT2D eigenvalue weighted by Gasteiger charge is 2.12. The molecule has 28 heavy (non-hydrogen) atoms. The van der Waals surface area contributed by atoms with Crippen LogP contribution in [0.1, 0.15) is 18.9 Å². The highest BCUT2D eigenvalue weighted by molar-refractivity contribution is 6.00. The molecule has 0 spiro atoms. The van der Waals surface area contributed by atoms with Crippen molar-refractivity contribution in [2.75, 3.05) is 18.4 Å². The van der Waals surface area contributed by atoms with Gasteiger partial charge in [0.1, 0.15) is 5.82 Å². The smallest absolute Gasteiger partial charge is 0.226 e. The zero-order valence-electron chi connectivity index (χ0n) is 15.7. The molecule has 1 aromatic heterocycles. The number of hydrogen-bond acceptors (Lipinski definition) is 3. The number of fused-ring (bicyclic) bond motifs is 1. The number of halogens is 1. The molecule has 6 heteroatoms. The summed E-state index contributed by atoms with van der Waals surface area (Å²) >= 11 is 0. The lowest BCUT2D eigenvalue weighted by Gasteiger charge is -2.21. The lowest BCUT2D eigenvalue weighted by molar-refractivity contribution is -0.129. The summed E-state index contributed by atoms with van der Waals surface area (Å²) in [4.78, 5) is 30.2. The quantitative estimate of drug-likeness (QED) is 0.679. The molecule has 2 aromatic carbocycles. The van der Waals surface area contributed by atoms with E-state index in [2.05, 4.69) is 10.3 Å². The fourth-order valence-electron chi connectivity index (χ4n) is 3.00. The Kier molecular flexibility index (Phi) is 6.32. The summed E-state index contributed by atoms with van der Waals surface area (Å²) in [5.74, 6) is -0.556. The molecule has 1 heterocycles. The topological polar surface area (TPSA) is 62.3 Å². The minimum absolute atomic E-state index is 0.0956. The number of carbonyl (C=O) groups is 2. The monoisotopic (exact) mass is 379 g/mol. The van der Waals surface area contributed by atoms with E-state index in [9.17, 15) is 14.0 Å². The number of hydrogen-bond donors (Lipinski definition) is 1. The van der Waals surface area contributed by atoms with Gasteiger partial charge in [0.15, 0.2) is 0 Å². The van der Waals surface area contributed by atoms with Crippen molar-refractivity contribution in [1.29, 1.82) is 0 Å². The molecule has 1 N–H and O–H groups in total. The van der Waals surface area contributed by atoms with Gasteiger partial charge in [0.05, 0.1) is 11.2 Å². The molecule has 3 aromatic rings. The van der Waals surface area contributed by atoms with Crippen LogP contribution >= 0.6 is 0 Å². The van der Waals surface area contributed by atoms with E-state index in [0.717, 1.165) is 16.5 Å². The lowest BCUT2D eigenvalue weighted by atomic mass is 10.1. The van der Waals surface area contributed by atoms with E-state index in [1.165, 1.54) is 19.1 Å². The van der Waals surface area contributed by atoms with Gasteiger partial charge in [-0.25, -0.2) is 4.39 Å². The molecule has 2 amide bonds. The second-order valence-electron chi connectivity index (χ2n) is 6.56. The van der Waals surface area contributed by atoms with Crippen molar-refractivity contribution >= 4 is 28.4 Å². The number of rotatable bonds is 7. The van der Waals surface area contributed by atoms with Gasteiger partial charge in [-0.1, -0.05) is 30.3 Å². The zero-order chi connectivity index (χ0) is 19.9. The Morgan fingerprint density at radius 2 is 1.79 bits per heavy atom. The highest BCUT2D eigenvalue weighted by Crippen LogP contribution is 2.20. The number of para-hydroxylation sites is 1. The fraction of sp³-hybridized carbons (Fsp3) is 0.227. The Bertz CT molecular complexity index is 968. The first-order chi connectivity index (χ1) is 13.5. The second-order valence-corrected chi connectivity index (χ2v) is 6.56. The van der Waals surface area contributed by atoms with Gasteiger partial charge in [0.25, 0.3) is 0 Å². The van der Waals surface area contributed by atoms with Crippen molar-refractivity contribution in [1.82, 2.24) is 9.88 Å². The molecule has 3 rings (SSSR count). The third-order valence-electron chi connectivity index (χ3n) is 4.54. The number of aromatic nitrogens is 1. The molecular weight excluding hydrogens is 357 g/mol. The zero-order valence-corrected chi connectivity index (χ0v) is 15.7. The Morgan fingerprint density at radius 1 is 1.04 bits per heavy atom. The molecule has 0 unspecified atom stereocenters. The van der Waals surface area contributed by atoms with Crippen LogP contribution in [0.2, 0.25) is 0 Å². The number of pyridine rings is 1. The summed E-state index contributed by atoms with van der Waals surface area (Å²) < 4.78 is 13.0. The van der Waals surface area contributed by atoms with E-state index >= 15 is 0 Å². The van der Waals surface area contributed by atoms with Crippen LogP contribution in [0.4, 0.5) is 10.1 Å². The third-order valence-corrected chi connectivity index (χ3v) is 4.54. The van der Waals surface area contributed by atoms with Gasteiger partial charge in [-0.15, -0.1) is 0 Å². The molecule has 0 aliphatic carbocycles. The van der Waals surface area contributed by atoms with Gasteiger partial charge in [0, 0.05) is 38.0 Å². The Balaban J connectivity index is 1.56. The van der Waals surface area contributed by atoms with E-state index in [4.69, 9.17) is 0 Å². The Labute approximate surface area is 163 Å². The largest absolute Gasteiger partial charge is 0.342 e. The molecule has 0 aliphatic heterocycles. The van der Waals surface area contributed by atoms with Crippen molar-refractivity contribution in [3.63, 3.8) is 0 Å². The molecule has 0 bridgehead atoms. The van der Waals surface area contributed by atoms with Crippen LogP contribution in [-0.2, 0) is 16.0 Å². The van der Waals surface area contributed by atoms with Gasteiger partial charge in [0.2, 0.25) is 11.8 Å². The van der Waals surface area contributed by atoms with Crippen molar-refractivity contribution in [3.05, 3.63) is 72.2 Å². The first-order valence-electron chi connectivity index (χ1n) is 9.16. The van der Waals surface area contributed by atoms with Gasteiger partial charge < -0.3 is 10.2 Å². The number of anilines is 1. The minimum Gasteiger partial charge on any atom is -0.342 e. The molecule has 0 atom stereocenters. The number of carbonyl (C=O) groups excluding carboxylic acids is 2. The van der Waals surface area contributed by atoms with E-state index in [1.807, 2.05) is 30.3 Å². The maximum absolute atomic E-state index is 13.0. The SMILES string of the molecule is CC(=O)N(CCC(=O)Nc1cccc2cccnc12)CCc1ccc(F)cc1. The molecule has 0 saturated carbocycles. The van der Waals surface area contributed by atoms with Gasteiger partial charge in [-0.05, 0) is 36.2 Å². The lowest BCUT2D eigenvalue weighted by Crippen LogP contribution is -2.33. The Morgan fingerprint density at radius 3 is 2.54 bits per heavy atom. The standard InChI is InChI=1S/C22H22FN3O2/c1-16(27)26(14-11-17-7-9-19(23)10-8-17)15-12-21(28)25-20-6-2-4-18-5-3-13-24-22(18)20/h2-10,13H,11-12,14-15H2,1H3,(H,25,28). The van der Waals surface area contributed by atoms with Crippen LogP contribution < -0.4 is 5.32 Å². The minimum atomic E-state index is -0.285. The first-order valence-corrected chi connectivity index (χ1v) is 9.16. The van der Waals surface area contributed by atoms with Crippen molar-refractivity contribution in [2.24, 2.45) is 0 Å². The number of nitrogens with one attached hydrogen (secondary N) is 1. The maximum atomic E-state index is 13.0. The summed E-state index contributed by atoms with van der Waals surface area (Å²) in [6.45, 7) is 2.28. The van der Waals surface area contributed by atoms with Gasteiger partial charge >= 0.3 is 0 Å². The van der Waals surface area contributed by atoms with Crippen molar-refractivity contribution in [3.8, 4) is 0 Å². The third kappa shape index (κ3) is 5.13. The van der Waals surface area contributed by atoms with Crippen LogP contribution in [-0.4, -0.2) is 34.8 Å². The van der Waals surface area contributed by atoms with Crippen LogP contribution in [0.3, 0.4) is 0 Å². The predicted octanol–water partition coefficient (Wildman–Crippen LogP) is 3.79. The van der Waals surface area contributed by atoms with Crippen LogP contribution in [0.25, 0.3) is 10.9 Å². The summed E-state index contributed by atoms with van der Waals surface area (Å²) in [7, 11) is 0. The Hall–Kier alpha value is -3.28. The average Bonchev–Trinajstić information content (AvgIpc) is 2.69. The van der Waals surface area contributed by atoms with Gasteiger partial charge in [-0.3, -0.25) is 14.6 Å². The average molecular weight is 379 g/mol. The molecule has 0 aliphatic rings. The maximum Gasteiger partial charge on any atom is 0.226 e. The summed E-state index contributed by atoms with van der Waals surface area (Å²) in [5, 5.41) is 3.83. The molecular formula is C22H22FN3O2.